The average molecular weight is 285 g/mol. The highest BCUT2D eigenvalue weighted by Gasteiger charge is 2.18. The number of rotatable bonds is 4. The van der Waals surface area contributed by atoms with Gasteiger partial charge in [0.05, 0.1) is 6.61 Å². The standard InChI is InChI=1S/C16H15NO2S/c1-2-19-16(18)15-13(10-11-6-5-9-20-11)12-7-3-4-8-14(12)17-15/h3-9,17H,2,10H2,1H3. The second kappa shape index (κ2) is 5.51. The molecule has 0 aliphatic heterocycles. The second-order valence-corrected chi connectivity index (χ2v) is 5.53. The third kappa shape index (κ3) is 2.34. The van der Waals surface area contributed by atoms with Crippen LogP contribution in [0.5, 0.6) is 0 Å². The Morgan fingerprint density at radius 2 is 2.10 bits per heavy atom. The van der Waals surface area contributed by atoms with Gasteiger partial charge in [0.1, 0.15) is 5.69 Å². The van der Waals surface area contributed by atoms with E-state index in [4.69, 9.17) is 4.74 Å². The average Bonchev–Trinajstić information content (AvgIpc) is 3.08. The summed E-state index contributed by atoms with van der Waals surface area (Å²) in [5.41, 5.74) is 2.56. The number of hydrogen-bond acceptors (Lipinski definition) is 3. The lowest BCUT2D eigenvalue weighted by atomic mass is 10.1. The fraction of sp³-hybridized carbons (Fsp3) is 0.188. The SMILES string of the molecule is CCOC(=O)c1[nH]c2ccccc2c1Cc1cccs1. The number of esters is 1. The van der Waals surface area contributed by atoms with Gasteiger partial charge in [0, 0.05) is 22.2 Å². The molecule has 3 nitrogen and oxygen atoms in total. The van der Waals surface area contributed by atoms with Crippen molar-refractivity contribution in [3.63, 3.8) is 0 Å². The van der Waals surface area contributed by atoms with Gasteiger partial charge in [-0.3, -0.25) is 0 Å². The number of aromatic nitrogens is 1. The van der Waals surface area contributed by atoms with Crippen molar-refractivity contribution in [1.29, 1.82) is 0 Å². The van der Waals surface area contributed by atoms with Gasteiger partial charge in [-0.15, -0.1) is 11.3 Å². The predicted octanol–water partition coefficient (Wildman–Crippen LogP) is 4.00. The summed E-state index contributed by atoms with van der Waals surface area (Å²) in [6.07, 6.45) is 0.746. The maximum Gasteiger partial charge on any atom is 0.355 e. The molecule has 20 heavy (non-hydrogen) atoms. The van der Waals surface area contributed by atoms with Gasteiger partial charge in [0.15, 0.2) is 0 Å². The van der Waals surface area contributed by atoms with Crippen molar-refractivity contribution in [3.8, 4) is 0 Å². The van der Waals surface area contributed by atoms with Crippen LogP contribution in [0.2, 0.25) is 0 Å². The van der Waals surface area contributed by atoms with Crippen LogP contribution < -0.4 is 0 Å². The summed E-state index contributed by atoms with van der Waals surface area (Å²) in [5, 5.41) is 3.14. The monoisotopic (exact) mass is 285 g/mol. The molecule has 0 amide bonds. The molecule has 0 bridgehead atoms. The van der Waals surface area contributed by atoms with E-state index in [9.17, 15) is 4.79 Å². The molecule has 2 aromatic heterocycles. The van der Waals surface area contributed by atoms with Crippen LogP contribution in [0.25, 0.3) is 10.9 Å². The third-order valence-corrected chi connectivity index (χ3v) is 4.10. The molecule has 0 atom stereocenters. The van der Waals surface area contributed by atoms with E-state index in [1.54, 1.807) is 11.3 Å². The number of hydrogen-bond donors (Lipinski definition) is 1. The van der Waals surface area contributed by atoms with Crippen LogP contribution in [-0.4, -0.2) is 17.6 Å². The fourth-order valence-electron chi connectivity index (χ4n) is 2.35. The molecule has 0 aliphatic carbocycles. The number of para-hydroxylation sites is 1. The van der Waals surface area contributed by atoms with Crippen LogP contribution in [0, 0.1) is 0 Å². The Balaban J connectivity index is 2.10. The lowest BCUT2D eigenvalue weighted by molar-refractivity contribution is 0.0519. The topological polar surface area (TPSA) is 42.1 Å². The summed E-state index contributed by atoms with van der Waals surface area (Å²) in [5.74, 6) is -0.282. The molecule has 3 aromatic rings. The number of benzene rings is 1. The van der Waals surface area contributed by atoms with Crippen LogP contribution >= 0.6 is 11.3 Å². The third-order valence-electron chi connectivity index (χ3n) is 3.22. The molecule has 1 aromatic carbocycles. The van der Waals surface area contributed by atoms with Gasteiger partial charge in [-0.05, 0) is 30.0 Å². The van der Waals surface area contributed by atoms with E-state index < -0.39 is 0 Å². The van der Waals surface area contributed by atoms with Crippen LogP contribution in [0.3, 0.4) is 0 Å². The number of fused-ring (bicyclic) bond motifs is 1. The van der Waals surface area contributed by atoms with Crippen LogP contribution in [0.4, 0.5) is 0 Å². The zero-order valence-corrected chi connectivity index (χ0v) is 12.0. The van der Waals surface area contributed by atoms with E-state index in [1.165, 1.54) is 4.88 Å². The highest BCUT2D eigenvalue weighted by Crippen LogP contribution is 2.27. The molecule has 4 heteroatoms. The van der Waals surface area contributed by atoms with Gasteiger partial charge in [-0.1, -0.05) is 24.3 Å². The van der Waals surface area contributed by atoms with Crippen molar-refractivity contribution in [3.05, 3.63) is 57.9 Å². The Kier molecular flexibility index (Phi) is 3.56. The molecular formula is C16H15NO2S. The molecule has 0 fully saturated rings. The normalized spacial score (nSPS) is 10.8. The molecule has 3 rings (SSSR count). The number of carbonyl (C=O) groups excluding carboxylic acids is 1. The van der Waals surface area contributed by atoms with Gasteiger partial charge < -0.3 is 9.72 Å². The first-order chi connectivity index (χ1) is 9.79. The summed E-state index contributed by atoms with van der Waals surface area (Å²) >= 11 is 1.70. The first-order valence-electron chi connectivity index (χ1n) is 6.58. The molecule has 0 radical (unpaired) electrons. The predicted molar refractivity (Wildman–Crippen MR) is 81.4 cm³/mol. The minimum atomic E-state index is -0.282. The van der Waals surface area contributed by atoms with E-state index >= 15 is 0 Å². The molecule has 0 saturated heterocycles. The smallest absolute Gasteiger partial charge is 0.355 e. The highest BCUT2D eigenvalue weighted by molar-refractivity contribution is 7.09. The number of ether oxygens (including phenoxy) is 1. The molecule has 0 spiro atoms. The van der Waals surface area contributed by atoms with Crippen LogP contribution in [-0.2, 0) is 11.2 Å². The van der Waals surface area contributed by atoms with Crippen LogP contribution in [0.1, 0.15) is 27.9 Å². The van der Waals surface area contributed by atoms with Gasteiger partial charge in [0.25, 0.3) is 0 Å². The summed E-state index contributed by atoms with van der Waals surface area (Å²) in [4.78, 5) is 16.5. The first-order valence-corrected chi connectivity index (χ1v) is 7.46. The Morgan fingerprint density at radius 1 is 1.25 bits per heavy atom. The van der Waals surface area contributed by atoms with Crippen molar-refractivity contribution in [2.24, 2.45) is 0 Å². The highest BCUT2D eigenvalue weighted by atomic mass is 32.1. The van der Waals surface area contributed by atoms with Gasteiger partial charge in [0.2, 0.25) is 0 Å². The minimum Gasteiger partial charge on any atom is -0.461 e. The molecule has 102 valence electrons. The summed E-state index contributed by atoms with van der Waals surface area (Å²) < 4.78 is 5.15. The largest absolute Gasteiger partial charge is 0.461 e. The number of thiophene rings is 1. The Hall–Kier alpha value is -2.07. The van der Waals surface area contributed by atoms with E-state index in [1.807, 2.05) is 42.6 Å². The molecule has 0 saturated carbocycles. The number of nitrogens with one attached hydrogen (secondary N) is 1. The number of H-pyrrole nitrogens is 1. The lowest BCUT2D eigenvalue weighted by Gasteiger charge is -2.03. The van der Waals surface area contributed by atoms with Crippen molar-refractivity contribution in [2.75, 3.05) is 6.61 Å². The van der Waals surface area contributed by atoms with Crippen molar-refractivity contribution >= 4 is 28.2 Å². The quantitative estimate of drug-likeness (QED) is 0.736. The Morgan fingerprint density at radius 3 is 2.85 bits per heavy atom. The van der Waals surface area contributed by atoms with Gasteiger partial charge in [-0.2, -0.15) is 0 Å². The van der Waals surface area contributed by atoms with Crippen molar-refractivity contribution in [1.82, 2.24) is 4.98 Å². The molecule has 2 heterocycles. The van der Waals surface area contributed by atoms with Gasteiger partial charge in [-0.25, -0.2) is 4.79 Å². The lowest BCUT2D eigenvalue weighted by Crippen LogP contribution is -2.08. The van der Waals surface area contributed by atoms with E-state index in [0.717, 1.165) is 22.9 Å². The Labute approximate surface area is 121 Å². The summed E-state index contributed by atoms with van der Waals surface area (Å²) in [7, 11) is 0. The number of carbonyl (C=O) groups is 1. The molecule has 0 aliphatic rings. The second-order valence-electron chi connectivity index (χ2n) is 4.50. The zero-order valence-electron chi connectivity index (χ0n) is 11.2. The molecule has 0 unspecified atom stereocenters. The Bertz CT molecular complexity index is 728. The maximum absolute atomic E-state index is 12.1. The van der Waals surface area contributed by atoms with Crippen molar-refractivity contribution in [2.45, 2.75) is 13.3 Å². The van der Waals surface area contributed by atoms with Gasteiger partial charge >= 0.3 is 5.97 Å². The molecule has 1 N–H and O–H groups in total. The van der Waals surface area contributed by atoms with E-state index in [0.29, 0.717) is 12.3 Å². The first kappa shape index (κ1) is 12.9. The number of aromatic amines is 1. The minimum absolute atomic E-state index is 0.282. The van der Waals surface area contributed by atoms with E-state index in [-0.39, 0.29) is 5.97 Å². The maximum atomic E-state index is 12.1. The summed E-state index contributed by atoms with van der Waals surface area (Å²) in [6.45, 7) is 2.20. The zero-order chi connectivity index (χ0) is 13.9. The molecular weight excluding hydrogens is 270 g/mol. The summed E-state index contributed by atoms with van der Waals surface area (Å²) in [6, 6.07) is 12.1. The van der Waals surface area contributed by atoms with Crippen molar-refractivity contribution < 1.29 is 9.53 Å². The van der Waals surface area contributed by atoms with Crippen LogP contribution in [0.15, 0.2) is 41.8 Å². The van der Waals surface area contributed by atoms with E-state index in [2.05, 4.69) is 11.1 Å². The fourth-order valence-corrected chi connectivity index (χ4v) is 3.07.